The summed E-state index contributed by atoms with van der Waals surface area (Å²) in [6.45, 7) is 13.2. The lowest BCUT2D eigenvalue weighted by atomic mass is 10.0. The normalized spacial score (nSPS) is 10.1. The third-order valence-electron chi connectivity index (χ3n) is 4.40. The van der Waals surface area contributed by atoms with Crippen molar-refractivity contribution in [2.75, 3.05) is 0 Å². The molecule has 0 atom stereocenters. The van der Waals surface area contributed by atoms with Crippen LogP contribution in [0, 0.1) is 0 Å². The number of hydrogen-bond acceptors (Lipinski definition) is 0. The Balaban J connectivity index is 0.000000202. The van der Waals surface area contributed by atoms with Crippen LogP contribution < -0.4 is 0 Å². The molecule has 3 aromatic rings. The molecule has 0 amide bonds. The Labute approximate surface area is 167 Å². The van der Waals surface area contributed by atoms with Crippen LogP contribution in [-0.4, -0.2) is 0 Å². The zero-order valence-corrected chi connectivity index (χ0v) is 17.9. The Hall–Kier alpha value is -2.34. The second-order valence-electron chi connectivity index (χ2n) is 7.70. The van der Waals surface area contributed by atoms with E-state index in [-0.39, 0.29) is 0 Å². The molecular formula is C27H36. The fourth-order valence-electron chi connectivity index (χ4n) is 2.51. The van der Waals surface area contributed by atoms with Crippen molar-refractivity contribution in [2.24, 2.45) is 0 Å². The van der Waals surface area contributed by atoms with E-state index >= 15 is 0 Å². The van der Waals surface area contributed by atoms with Crippen LogP contribution in [0.25, 0.3) is 0 Å². The summed E-state index contributed by atoms with van der Waals surface area (Å²) in [5, 5.41) is 0. The largest absolute Gasteiger partial charge is 0.0622 e. The molecule has 0 nitrogen and oxygen atoms in total. The first kappa shape index (κ1) is 22.7. The predicted molar refractivity (Wildman–Crippen MR) is 122 cm³/mol. The van der Waals surface area contributed by atoms with Crippen LogP contribution in [0.3, 0.4) is 0 Å². The minimum absolute atomic E-state index is 0.659. The van der Waals surface area contributed by atoms with E-state index in [9.17, 15) is 0 Å². The van der Waals surface area contributed by atoms with E-state index in [0.29, 0.717) is 17.8 Å². The van der Waals surface area contributed by atoms with E-state index in [1.165, 1.54) is 16.7 Å². The molecule has 0 aliphatic rings. The zero-order chi connectivity index (χ0) is 20.1. The average Bonchev–Trinajstić information content (AvgIpc) is 2.71. The van der Waals surface area contributed by atoms with Crippen molar-refractivity contribution >= 4 is 0 Å². The van der Waals surface area contributed by atoms with Gasteiger partial charge in [-0.3, -0.25) is 0 Å². The molecule has 27 heavy (non-hydrogen) atoms. The Morgan fingerprint density at radius 2 is 0.519 bits per heavy atom. The van der Waals surface area contributed by atoms with Gasteiger partial charge in [-0.15, -0.1) is 0 Å². The third-order valence-corrected chi connectivity index (χ3v) is 4.40. The molecule has 0 radical (unpaired) electrons. The molecular weight excluding hydrogens is 324 g/mol. The van der Waals surface area contributed by atoms with Gasteiger partial charge in [0, 0.05) is 0 Å². The molecule has 0 spiro atoms. The molecule has 0 heteroatoms. The topological polar surface area (TPSA) is 0 Å². The minimum Gasteiger partial charge on any atom is -0.0622 e. The molecule has 0 heterocycles. The first-order valence-electron chi connectivity index (χ1n) is 10.1. The Morgan fingerprint density at radius 1 is 0.333 bits per heavy atom. The van der Waals surface area contributed by atoms with Crippen LogP contribution in [-0.2, 0) is 0 Å². The second-order valence-corrected chi connectivity index (χ2v) is 7.70. The van der Waals surface area contributed by atoms with Crippen LogP contribution >= 0.6 is 0 Å². The predicted octanol–water partition coefficient (Wildman–Crippen LogP) is 8.43. The highest BCUT2D eigenvalue weighted by molar-refractivity contribution is 5.19. The highest BCUT2D eigenvalue weighted by Gasteiger charge is 1.94. The summed E-state index contributed by atoms with van der Waals surface area (Å²) in [7, 11) is 0. The SMILES string of the molecule is CC(C)c1ccccc1.CC(C)c1ccccc1.CC(C)c1ccccc1. The van der Waals surface area contributed by atoms with Gasteiger partial charge in [0.25, 0.3) is 0 Å². The first-order chi connectivity index (χ1) is 12.9. The Morgan fingerprint density at radius 3 is 0.630 bits per heavy atom. The van der Waals surface area contributed by atoms with Crippen LogP contribution in [0.5, 0.6) is 0 Å². The second kappa shape index (κ2) is 12.9. The summed E-state index contributed by atoms with van der Waals surface area (Å²) in [5.74, 6) is 1.98. The van der Waals surface area contributed by atoms with Gasteiger partial charge in [-0.1, -0.05) is 133 Å². The molecule has 0 bridgehead atoms. The Bertz CT molecular complexity index is 591. The molecule has 144 valence electrons. The standard InChI is InChI=1S/3C9H12/c3*1-8(2)9-6-4-3-5-7-9/h3*3-8H,1-2H3. The molecule has 3 rings (SSSR count). The maximum Gasteiger partial charge on any atom is -0.0219 e. The third kappa shape index (κ3) is 9.80. The lowest BCUT2D eigenvalue weighted by molar-refractivity contribution is 0.867. The lowest BCUT2D eigenvalue weighted by Crippen LogP contribution is -1.83. The summed E-state index contributed by atoms with van der Waals surface area (Å²) in [6, 6.07) is 31.6. The zero-order valence-electron chi connectivity index (χ0n) is 17.9. The number of rotatable bonds is 3. The number of benzene rings is 3. The van der Waals surface area contributed by atoms with Gasteiger partial charge in [0.1, 0.15) is 0 Å². The summed E-state index contributed by atoms with van der Waals surface area (Å²) in [4.78, 5) is 0. The van der Waals surface area contributed by atoms with Gasteiger partial charge in [0.15, 0.2) is 0 Å². The maximum atomic E-state index is 2.20. The van der Waals surface area contributed by atoms with E-state index in [2.05, 4.69) is 114 Å². The molecule has 3 aromatic carbocycles. The van der Waals surface area contributed by atoms with Crippen LogP contribution in [0.15, 0.2) is 91.0 Å². The van der Waals surface area contributed by atoms with Gasteiger partial charge in [-0.25, -0.2) is 0 Å². The minimum atomic E-state index is 0.659. The van der Waals surface area contributed by atoms with Gasteiger partial charge in [-0.2, -0.15) is 0 Å². The van der Waals surface area contributed by atoms with E-state index in [1.54, 1.807) is 0 Å². The maximum absolute atomic E-state index is 2.20. The van der Waals surface area contributed by atoms with E-state index in [1.807, 2.05) is 18.2 Å². The van der Waals surface area contributed by atoms with Gasteiger partial charge < -0.3 is 0 Å². The van der Waals surface area contributed by atoms with Crippen molar-refractivity contribution in [3.05, 3.63) is 108 Å². The van der Waals surface area contributed by atoms with E-state index in [0.717, 1.165) is 0 Å². The molecule has 0 saturated carbocycles. The molecule has 0 aliphatic heterocycles. The van der Waals surface area contributed by atoms with Crippen molar-refractivity contribution < 1.29 is 0 Å². The van der Waals surface area contributed by atoms with Crippen molar-refractivity contribution in [1.82, 2.24) is 0 Å². The molecule has 0 aliphatic carbocycles. The van der Waals surface area contributed by atoms with Crippen LogP contribution in [0.2, 0.25) is 0 Å². The van der Waals surface area contributed by atoms with E-state index in [4.69, 9.17) is 0 Å². The number of hydrogen-bond donors (Lipinski definition) is 0. The summed E-state index contributed by atoms with van der Waals surface area (Å²) in [5.41, 5.74) is 4.24. The monoisotopic (exact) mass is 360 g/mol. The van der Waals surface area contributed by atoms with Gasteiger partial charge in [-0.05, 0) is 34.4 Å². The van der Waals surface area contributed by atoms with Crippen LogP contribution in [0.4, 0.5) is 0 Å². The van der Waals surface area contributed by atoms with Gasteiger partial charge >= 0.3 is 0 Å². The van der Waals surface area contributed by atoms with Gasteiger partial charge in [0.05, 0.1) is 0 Å². The lowest BCUT2D eigenvalue weighted by Gasteiger charge is -2.01. The van der Waals surface area contributed by atoms with E-state index < -0.39 is 0 Å². The average molecular weight is 361 g/mol. The van der Waals surface area contributed by atoms with Crippen molar-refractivity contribution in [2.45, 2.75) is 59.3 Å². The molecule has 0 N–H and O–H groups in total. The van der Waals surface area contributed by atoms with Gasteiger partial charge in [0.2, 0.25) is 0 Å². The van der Waals surface area contributed by atoms with Crippen molar-refractivity contribution in [3.8, 4) is 0 Å². The summed E-state index contributed by atoms with van der Waals surface area (Å²) in [6.07, 6.45) is 0. The highest BCUT2D eigenvalue weighted by Crippen LogP contribution is 2.13. The highest BCUT2D eigenvalue weighted by atomic mass is 14.0. The Kier molecular flexibility index (Phi) is 10.9. The summed E-state index contributed by atoms with van der Waals surface area (Å²) >= 11 is 0. The molecule has 0 unspecified atom stereocenters. The molecule has 0 saturated heterocycles. The van der Waals surface area contributed by atoms with Crippen molar-refractivity contribution in [3.63, 3.8) is 0 Å². The first-order valence-corrected chi connectivity index (χ1v) is 10.1. The quantitative estimate of drug-likeness (QED) is 0.439. The van der Waals surface area contributed by atoms with Crippen molar-refractivity contribution in [1.29, 1.82) is 0 Å². The smallest absolute Gasteiger partial charge is 0.0219 e. The summed E-state index contributed by atoms with van der Waals surface area (Å²) < 4.78 is 0. The fourth-order valence-corrected chi connectivity index (χ4v) is 2.51. The molecule has 0 fully saturated rings. The fraction of sp³-hybridized carbons (Fsp3) is 0.333. The van der Waals surface area contributed by atoms with Crippen LogP contribution in [0.1, 0.15) is 76.0 Å². The molecule has 0 aromatic heterocycles.